The van der Waals surface area contributed by atoms with Crippen LogP contribution in [0.15, 0.2) is 47.4 Å². The number of ether oxygens (including phenoxy) is 1. The molecule has 8 heteroatoms. The lowest BCUT2D eigenvalue weighted by molar-refractivity contribution is -0.122. The minimum atomic E-state index is -3.54. The molecule has 0 spiro atoms. The number of sulfone groups is 1. The molecule has 3 rings (SSSR count). The molecule has 1 aliphatic heterocycles. The summed E-state index contributed by atoms with van der Waals surface area (Å²) in [6.07, 6.45) is 0.459. The summed E-state index contributed by atoms with van der Waals surface area (Å²) in [5, 5.41) is 5.32. The second-order valence-electron chi connectivity index (χ2n) is 5.68. The zero-order chi connectivity index (χ0) is 18.2. The topological polar surface area (TPSA) is 102 Å². The maximum absolute atomic E-state index is 12.5. The zero-order valence-electron chi connectivity index (χ0n) is 13.6. The summed E-state index contributed by atoms with van der Waals surface area (Å²) in [6, 6.07) is 10.8. The summed E-state index contributed by atoms with van der Waals surface area (Å²) >= 11 is 0. The minimum absolute atomic E-state index is 0.0454. The van der Waals surface area contributed by atoms with Gasteiger partial charge >= 0.3 is 0 Å². The Morgan fingerprint density at radius 1 is 1.20 bits per heavy atom. The molecule has 1 heterocycles. The minimum Gasteiger partial charge on any atom is -0.479 e. The molecule has 0 bridgehead atoms. The Hall–Kier alpha value is -2.87. The van der Waals surface area contributed by atoms with Crippen molar-refractivity contribution >= 4 is 33.0 Å². The molecule has 0 aliphatic carbocycles. The number of fused-ring (bicyclic) bond motifs is 1. The third kappa shape index (κ3) is 3.48. The highest BCUT2D eigenvalue weighted by atomic mass is 32.2. The fraction of sp³-hybridized carbons (Fsp3) is 0.176. The molecular weight excluding hydrogens is 344 g/mol. The molecule has 0 aromatic heterocycles. The summed E-state index contributed by atoms with van der Waals surface area (Å²) in [5.41, 5.74) is 0.902. The van der Waals surface area contributed by atoms with E-state index in [9.17, 15) is 18.0 Å². The quantitative estimate of drug-likeness (QED) is 0.872. The van der Waals surface area contributed by atoms with Crippen molar-refractivity contribution in [3.05, 3.63) is 48.0 Å². The number of anilines is 2. The fourth-order valence-electron chi connectivity index (χ4n) is 2.46. The van der Waals surface area contributed by atoms with Crippen LogP contribution in [0.25, 0.3) is 0 Å². The van der Waals surface area contributed by atoms with Crippen molar-refractivity contribution in [2.75, 3.05) is 16.9 Å². The molecule has 0 fully saturated rings. The van der Waals surface area contributed by atoms with Gasteiger partial charge < -0.3 is 15.4 Å². The SMILES string of the molecule is C[C@@H]1Oc2ccc(NC(=O)c3ccccc3S(C)(=O)=O)cc2NC1=O. The smallest absolute Gasteiger partial charge is 0.265 e. The Labute approximate surface area is 144 Å². The van der Waals surface area contributed by atoms with E-state index in [-0.39, 0.29) is 16.4 Å². The molecular formula is C17H16N2O5S. The van der Waals surface area contributed by atoms with Crippen LogP contribution in [0.2, 0.25) is 0 Å². The van der Waals surface area contributed by atoms with E-state index in [0.29, 0.717) is 17.1 Å². The van der Waals surface area contributed by atoms with E-state index in [1.54, 1.807) is 37.3 Å². The van der Waals surface area contributed by atoms with Gasteiger partial charge in [-0.1, -0.05) is 12.1 Å². The first-order chi connectivity index (χ1) is 11.8. The molecule has 0 unspecified atom stereocenters. The highest BCUT2D eigenvalue weighted by molar-refractivity contribution is 7.90. The fourth-order valence-corrected chi connectivity index (χ4v) is 3.35. The van der Waals surface area contributed by atoms with Crippen LogP contribution in [-0.4, -0.2) is 32.6 Å². The second kappa shape index (κ2) is 6.21. The Balaban J connectivity index is 1.88. The number of hydrogen-bond acceptors (Lipinski definition) is 5. The van der Waals surface area contributed by atoms with Gasteiger partial charge in [-0.3, -0.25) is 9.59 Å². The van der Waals surface area contributed by atoms with Gasteiger partial charge in [0.15, 0.2) is 15.9 Å². The van der Waals surface area contributed by atoms with E-state index in [1.165, 1.54) is 12.1 Å². The molecule has 7 nitrogen and oxygen atoms in total. The summed E-state index contributed by atoms with van der Waals surface area (Å²) < 4.78 is 29.1. The average Bonchev–Trinajstić information content (AvgIpc) is 2.55. The third-order valence-electron chi connectivity index (χ3n) is 3.70. The van der Waals surface area contributed by atoms with Gasteiger partial charge in [-0.15, -0.1) is 0 Å². The molecule has 25 heavy (non-hydrogen) atoms. The summed E-state index contributed by atoms with van der Waals surface area (Å²) in [5.74, 6) is -0.336. The van der Waals surface area contributed by atoms with E-state index in [4.69, 9.17) is 4.74 Å². The third-order valence-corrected chi connectivity index (χ3v) is 4.85. The molecule has 0 saturated heterocycles. The molecule has 0 saturated carbocycles. The van der Waals surface area contributed by atoms with Crippen LogP contribution in [0.3, 0.4) is 0 Å². The van der Waals surface area contributed by atoms with Crippen LogP contribution in [0.4, 0.5) is 11.4 Å². The predicted molar refractivity (Wildman–Crippen MR) is 92.7 cm³/mol. The van der Waals surface area contributed by atoms with E-state index >= 15 is 0 Å². The van der Waals surface area contributed by atoms with Gasteiger partial charge in [0.1, 0.15) is 5.75 Å². The van der Waals surface area contributed by atoms with Crippen LogP contribution in [0.5, 0.6) is 5.75 Å². The van der Waals surface area contributed by atoms with Gasteiger partial charge in [-0.2, -0.15) is 0 Å². The van der Waals surface area contributed by atoms with Crippen LogP contribution >= 0.6 is 0 Å². The zero-order valence-corrected chi connectivity index (χ0v) is 14.4. The molecule has 0 radical (unpaired) electrons. The monoisotopic (exact) mass is 360 g/mol. The van der Waals surface area contributed by atoms with Crippen molar-refractivity contribution in [2.45, 2.75) is 17.9 Å². The van der Waals surface area contributed by atoms with E-state index in [2.05, 4.69) is 10.6 Å². The van der Waals surface area contributed by atoms with Gasteiger partial charge in [0.25, 0.3) is 11.8 Å². The summed E-state index contributed by atoms with van der Waals surface area (Å²) in [7, 11) is -3.54. The molecule has 1 aliphatic rings. The predicted octanol–water partition coefficient (Wildman–Crippen LogP) is 2.06. The first-order valence-electron chi connectivity index (χ1n) is 7.48. The Morgan fingerprint density at radius 2 is 1.92 bits per heavy atom. The van der Waals surface area contributed by atoms with E-state index in [0.717, 1.165) is 6.26 Å². The molecule has 2 N–H and O–H groups in total. The molecule has 130 valence electrons. The summed E-state index contributed by atoms with van der Waals surface area (Å²) in [6.45, 7) is 1.63. The Bertz CT molecular complexity index is 969. The number of nitrogens with one attached hydrogen (secondary N) is 2. The van der Waals surface area contributed by atoms with Gasteiger partial charge in [0.2, 0.25) is 0 Å². The number of carbonyl (C=O) groups excluding carboxylic acids is 2. The van der Waals surface area contributed by atoms with Gasteiger partial charge in [0, 0.05) is 11.9 Å². The van der Waals surface area contributed by atoms with Gasteiger partial charge in [-0.05, 0) is 37.3 Å². The molecule has 2 aromatic rings. The van der Waals surface area contributed by atoms with Crippen LogP contribution in [0.1, 0.15) is 17.3 Å². The van der Waals surface area contributed by atoms with Crippen molar-refractivity contribution in [2.24, 2.45) is 0 Å². The number of carbonyl (C=O) groups is 2. The largest absolute Gasteiger partial charge is 0.479 e. The first kappa shape index (κ1) is 17.0. The van der Waals surface area contributed by atoms with Crippen molar-refractivity contribution in [3.8, 4) is 5.75 Å². The van der Waals surface area contributed by atoms with Crippen molar-refractivity contribution in [1.29, 1.82) is 0 Å². The summed E-state index contributed by atoms with van der Waals surface area (Å²) in [4.78, 5) is 24.1. The lowest BCUT2D eigenvalue weighted by atomic mass is 10.2. The van der Waals surface area contributed by atoms with Crippen molar-refractivity contribution in [1.82, 2.24) is 0 Å². The van der Waals surface area contributed by atoms with Crippen LogP contribution < -0.4 is 15.4 Å². The molecule has 1 atom stereocenters. The van der Waals surface area contributed by atoms with Crippen molar-refractivity contribution in [3.63, 3.8) is 0 Å². The average molecular weight is 360 g/mol. The normalized spacial score (nSPS) is 16.4. The lowest BCUT2D eigenvalue weighted by Gasteiger charge is -2.23. The second-order valence-corrected chi connectivity index (χ2v) is 7.67. The first-order valence-corrected chi connectivity index (χ1v) is 9.37. The standard InChI is InChI=1S/C17H16N2O5S/c1-10-16(20)19-13-9-11(7-8-14(13)24-10)18-17(21)12-5-3-4-6-15(12)25(2,22)23/h3-10H,1-2H3,(H,18,21)(H,19,20)/t10-/m0/s1. The number of rotatable bonds is 3. The highest BCUT2D eigenvalue weighted by Gasteiger charge is 2.24. The number of amides is 2. The van der Waals surface area contributed by atoms with E-state index in [1.807, 2.05) is 0 Å². The Kier molecular flexibility index (Phi) is 4.22. The van der Waals surface area contributed by atoms with Crippen LogP contribution in [0, 0.1) is 0 Å². The van der Waals surface area contributed by atoms with Gasteiger partial charge in [0.05, 0.1) is 16.1 Å². The lowest BCUT2D eigenvalue weighted by Crippen LogP contribution is -2.34. The number of hydrogen-bond donors (Lipinski definition) is 2. The van der Waals surface area contributed by atoms with Crippen LogP contribution in [-0.2, 0) is 14.6 Å². The maximum atomic E-state index is 12.5. The van der Waals surface area contributed by atoms with Crippen molar-refractivity contribution < 1.29 is 22.7 Å². The Morgan fingerprint density at radius 3 is 2.64 bits per heavy atom. The highest BCUT2D eigenvalue weighted by Crippen LogP contribution is 2.32. The number of benzene rings is 2. The van der Waals surface area contributed by atoms with E-state index < -0.39 is 21.8 Å². The molecule has 2 aromatic carbocycles. The van der Waals surface area contributed by atoms with Gasteiger partial charge in [-0.25, -0.2) is 8.42 Å². The molecule has 2 amide bonds. The maximum Gasteiger partial charge on any atom is 0.265 e.